The molecule has 0 bridgehead atoms. The Labute approximate surface area is 211 Å². The molecule has 2 aliphatic heterocycles. The summed E-state index contributed by atoms with van der Waals surface area (Å²) >= 11 is 13.0. The number of carbonyl (C=O) groups is 2. The molecule has 6 nitrogen and oxygen atoms in total. The van der Waals surface area contributed by atoms with Crippen LogP contribution in [0.5, 0.6) is 0 Å². The normalized spacial score (nSPS) is 21.7. The van der Waals surface area contributed by atoms with E-state index in [4.69, 9.17) is 28.0 Å². The minimum Gasteiger partial charge on any atom is -0.273 e. The fourth-order valence-electron chi connectivity index (χ4n) is 4.92. The van der Waals surface area contributed by atoms with E-state index in [1.165, 1.54) is 4.90 Å². The maximum absolute atomic E-state index is 13.9. The maximum Gasteiger partial charge on any atom is 0.266 e. The molecule has 0 spiro atoms. The van der Waals surface area contributed by atoms with Gasteiger partial charge in [-0.15, -0.1) is 0 Å². The summed E-state index contributed by atoms with van der Waals surface area (Å²) in [6.45, 7) is 1.78. The van der Waals surface area contributed by atoms with Crippen molar-refractivity contribution in [1.29, 1.82) is 0 Å². The molecule has 4 aromatic rings. The van der Waals surface area contributed by atoms with Crippen LogP contribution in [0, 0.1) is 12.8 Å². The Morgan fingerprint density at radius 3 is 2.43 bits per heavy atom. The molecule has 174 valence electrons. The van der Waals surface area contributed by atoms with Crippen molar-refractivity contribution in [2.45, 2.75) is 19.1 Å². The summed E-state index contributed by atoms with van der Waals surface area (Å²) in [5.41, 5.74) is 3.18. The lowest BCUT2D eigenvalue weighted by atomic mass is 9.90. The molecular weight excluding hydrogens is 485 g/mol. The number of rotatable bonds is 3. The lowest BCUT2D eigenvalue weighted by Gasteiger charge is -2.29. The van der Waals surface area contributed by atoms with Gasteiger partial charge in [0.15, 0.2) is 6.10 Å². The Morgan fingerprint density at radius 1 is 0.886 bits per heavy atom. The first-order valence-electron chi connectivity index (χ1n) is 11.1. The van der Waals surface area contributed by atoms with E-state index >= 15 is 0 Å². The van der Waals surface area contributed by atoms with Crippen LogP contribution in [0.2, 0.25) is 10.2 Å². The topological polar surface area (TPSA) is 62.7 Å². The molecule has 35 heavy (non-hydrogen) atoms. The highest BCUT2D eigenvalue weighted by Gasteiger charge is 2.61. The lowest BCUT2D eigenvalue weighted by Crippen LogP contribution is -2.37. The van der Waals surface area contributed by atoms with Crippen molar-refractivity contribution in [2.24, 2.45) is 5.92 Å². The van der Waals surface area contributed by atoms with E-state index in [0.717, 1.165) is 10.9 Å². The van der Waals surface area contributed by atoms with E-state index in [2.05, 4.69) is 4.98 Å². The first kappa shape index (κ1) is 22.0. The molecule has 2 fully saturated rings. The van der Waals surface area contributed by atoms with E-state index in [9.17, 15) is 9.59 Å². The fraction of sp³-hybridized carbons (Fsp3) is 0.148. The average molecular weight is 504 g/mol. The zero-order valence-corrected chi connectivity index (χ0v) is 20.1. The van der Waals surface area contributed by atoms with Crippen molar-refractivity contribution in [3.05, 3.63) is 100 Å². The standard InChI is InChI=1S/C27H19Cl2N3O3/c1-15-19(28)11-7-13-21(15)31-26(33)22-23(18-14-16-8-5-6-12-20(16)30-25(18)29)32(35-24(22)27(31)34)17-9-3-2-4-10-17/h2-14,22-24H,1H3/t22-,23-,24+/m0/s1. The zero-order valence-electron chi connectivity index (χ0n) is 18.6. The number of benzene rings is 3. The number of anilines is 2. The molecule has 2 saturated heterocycles. The first-order chi connectivity index (χ1) is 17.0. The van der Waals surface area contributed by atoms with Crippen molar-refractivity contribution < 1.29 is 14.4 Å². The highest BCUT2D eigenvalue weighted by Crippen LogP contribution is 2.49. The quantitative estimate of drug-likeness (QED) is 0.257. The third kappa shape index (κ3) is 3.40. The zero-order chi connectivity index (χ0) is 24.3. The van der Waals surface area contributed by atoms with Gasteiger partial charge >= 0.3 is 0 Å². The third-order valence-electron chi connectivity index (χ3n) is 6.63. The summed E-state index contributed by atoms with van der Waals surface area (Å²) < 4.78 is 0. The molecular formula is C27H19Cl2N3O3. The second-order valence-corrected chi connectivity index (χ2v) is 9.38. The molecule has 0 aliphatic carbocycles. The third-order valence-corrected chi connectivity index (χ3v) is 7.34. The fourth-order valence-corrected chi connectivity index (χ4v) is 5.35. The predicted molar refractivity (Wildman–Crippen MR) is 135 cm³/mol. The van der Waals surface area contributed by atoms with Crippen molar-refractivity contribution in [3.63, 3.8) is 0 Å². The minimum absolute atomic E-state index is 0.261. The Kier molecular flexibility index (Phi) is 5.25. The lowest BCUT2D eigenvalue weighted by molar-refractivity contribution is -0.126. The Hall–Kier alpha value is -3.45. The van der Waals surface area contributed by atoms with Crippen molar-refractivity contribution in [2.75, 3.05) is 9.96 Å². The Morgan fingerprint density at radius 2 is 1.63 bits per heavy atom. The summed E-state index contributed by atoms with van der Waals surface area (Å²) in [5.74, 6) is -1.61. The number of halogens is 2. The molecule has 2 aliphatic rings. The van der Waals surface area contributed by atoms with Crippen molar-refractivity contribution >= 4 is 57.3 Å². The molecule has 8 heteroatoms. The van der Waals surface area contributed by atoms with Gasteiger partial charge in [-0.05, 0) is 48.9 Å². The van der Waals surface area contributed by atoms with E-state index in [1.807, 2.05) is 60.7 Å². The van der Waals surface area contributed by atoms with Crippen LogP contribution in [0.1, 0.15) is 17.2 Å². The molecule has 0 radical (unpaired) electrons. The highest BCUT2D eigenvalue weighted by molar-refractivity contribution is 6.33. The van der Waals surface area contributed by atoms with Gasteiger partial charge < -0.3 is 0 Å². The van der Waals surface area contributed by atoms with Gasteiger partial charge in [0, 0.05) is 16.0 Å². The van der Waals surface area contributed by atoms with Gasteiger partial charge in [-0.25, -0.2) is 14.9 Å². The van der Waals surface area contributed by atoms with Gasteiger partial charge in [-0.2, -0.15) is 0 Å². The average Bonchev–Trinajstić information content (AvgIpc) is 3.37. The van der Waals surface area contributed by atoms with Crippen LogP contribution in [0.4, 0.5) is 11.4 Å². The molecule has 2 amide bonds. The number of nitrogens with zero attached hydrogens (tertiary/aromatic N) is 3. The number of fused-ring (bicyclic) bond motifs is 2. The van der Waals surface area contributed by atoms with E-state index < -0.39 is 24.0 Å². The second-order valence-electron chi connectivity index (χ2n) is 8.61. The SMILES string of the molecule is Cc1c(Cl)cccc1N1C(=O)[C@@H]2[C@@H](ON(c3ccccc3)[C@H]2c2cc3ccccc3nc2Cl)C1=O. The Bertz CT molecular complexity index is 1490. The molecule has 3 atom stereocenters. The van der Waals surface area contributed by atoms with Crippen LogP contribution < -0.4 is 9.96 Å². The summed E-state index contributed by atoms with van der Waals surface area (Å²) in [6.07, 6.45) is -1.01. The number of pyridine rings is 1. The predicted octanol–water partition coefficient (Wildman–Crippen LogP) is 5.90. The van der Waals surface area contributed by atoms with Crippen LogP contribution >= 0.6 is 23.2 Å². The minimum atomic E-state index is -1.01. The Balaban J connectivity index is 1.51. The molecule has 1 aromatic heterocycles. The van der Waals surface area contributed by atoms with Gasteiger partial charge in [0.05, 0.1) is 22.9 Å². The molecule has 3 aromatic carbocycles. The number of para-hydroxylation sites is 2. The van der Waals surface area contributed by atoms with Crippen LogP contribution in [0.25, 0.3) is 10.9 Å². The second kappa shape index (κ2) is 8.34. The number of hydrogen-bond acceptors (Lipinski definition) is 5. The monoisotopic (exact) mass is 503 g/mol. The smallest absolute Gasteiger partial charge is 0.266 e. The number of hydroxylamine groups is 1. The first-order valence-corrected chi connectivity index (χ1v) is 11.9. The number of carbonyl (C=O) groups excluding carboxylic acids is 2. The largest absolute Gasteiger partial charge is 0.273 e. The molecule has 0 N–H and O–H groups in total. The van der Waals surface area contributed by atoms with Gasteiger partial charge in [0.25, 0.3) is 5.91 Å². The number of aromatic nitrogens is 1. The van der Waals surface area contributed by atoms with Crippen molar-refractivity contribution in [1.82, 2.24) is 4.98 Å². The molecule has 0 saturated carbocycles. The van der Waals surface area contributed by atoms with Crippen LogP contribution in [-0.4, -0.2) is 22.9 Å². The molecule has 3 heterocycles. The highest BCUT2D eigenvalue weighted by atomic mass is 35.5. The summed E-state index contributed by atoms with van der Waals surface area (Å²) in [4.78, 5) is 39.4. The summed E-state index contributed by atoms with van der Waals surface area (Å²) in [5, 5.41) is 3.23. The molecule has 6 rings (SSSR count). The molecule has 0 unspecified atom stereocenters. The summed E-state index contributed by atoms with van der Waals surface area (Å²) in [7, 11) is 0. The van der Waals surface area contributed by atoms with E-state index in [-0.39, 0.29) is 11.1 Å². The number of imide groups is 1. The van der Waals surface area contributed by atoms with Crippen LogP contribution in [0.3, 0.4) is 0 Å². The number of hydrogen-bond donors (Lipinski definition) is 0. The van der Waals surface area contributed by atoms with E-state index in [0.29, 0.717) is 27.5 Å². The number of amides is 2. The van der Waals surface area contributed by atoms with Gasteiger partial charge in [-0.3, -0.25) is 14.4 Å². The van der Waals surface area contributed by atoms with Crippen molar-refractivity contribution in [3.8, 4) is 0 Å². The van der Waals surface area contributed by atoms with Gasteiger partial charge in [0.1, 0.15) is 11.1 Å². The van der Waals surface area contributed by atoms with Gasteiger partial charge in [-0.1, -0.05) is 65.7 Å². The van der Waals surface area contributed by atoms with Crippen LogP contribution in [-0.2, 0) is 14.4 Å². The van der Waals surface area contributed by atoms with Crippen LogP contribution in [0.15, 0.2) is 78.9 Å². The van der Waals surface area contributed by atoms with E-state index in [1.54, 1.807) is 30.2 Å². The van der Waals surface area contributed by atoms with Gasteiger partial charge in [0.2, 0.25) is 5.91 Å². The maximum atomic E-state index is 13.9. The summed E-state index contributed by atoms with van der Waals surface area (Å²) in [6, 6.07) is 23.4.